The molecule has 3 heterocycles. The molecule has 3 unspecified atom stereocenters. The predicted molar refractivity (Wildman–Crippen MR) is 110 cm³/mol. The van der Waals surface area contributed by atoms with Crippen LogP contribution in [0.4, 0.5) is 5.69 Å². The molecule has 3 atom stereocenters. The zero-order valence-electron chi connectivity index (χ0n) is 17.7. The van der Waals surface area contributed by atoms with Crippen molar-refractivity contribution >= 4 is 41.2 Å². The molecule has 0 aliphatic carbocycles. The van der Waals surface area contributed by atoms with Crippen LogP contribution in [-0.4, -0.2) is 88.8 Å². The average molecular weight is 458 g/mol. The van der Waals surface area contributed by atoms with Crippen LogP contribution in [0.25, 0.3) is 0 Å². The number of esters is 1. The maximum atomic E-state index is 12.9. The number of fused-ring (bicyclic) bond motifs is 1. The summed E-state index contributed by atoms with van der Waals surface area (Å²) in [7, 11) is 1.23. The number of benzene rings is 1. The Balaban J connectivity index is 1.46. The lowest BCUT2D eigenvalue weighted by molar-refractivity contribution is -0.146. The molecule has 3 N–H and O–H groups in total. The van der Waals surface area contributed by atoms with E-state index in [2.05, 4.69) is 10.6 Å². The molecule has 4 rings (SSSR count). The van der Waals surface area contributed by atoms with Crippen molar-refractivity contribution in [1.29, 1.82) is 0 Å². The van der Waals surface area contributed by atoms with E-state index in [9.17, 15) is 33.9 Å². The fraction of sp³-hybridized carbons (Fsp3) is 0.429. The third kappa shape index (κ3) is 4.22. The van der Waals surface area contributed by atoms with E-state index in [4.69, 9.17) is 4.74 Å². The van der Waals surface area contributed by atoms with Crippen molar-refractivity contribution in [3.8, 4) is 0 Å². The molecule has 0 bridgehead atoms. The number of methoxy groups -OCH3 is 1. The van der Waals surface area contributed by atoms with Crippen LogP contribution >= 0.6 is 0 Å². The predicted octanol–water partition coefficient (Wildman–Crippen LogP) is -1.37. The summed E-state index contributed by atoms with van der Waals surface area (Å²) in [5, 5.41) is 14.6. The second kappa shape index (κ2) is 8.71. The number of nitrogens with zero attached hydrogens (tertiary/aromatic N) is 2. The van der Waals surface area contributed by atoms with Crippen LogP contribution in [0.1, 0.15) is 40.0 Å². The van der Waals surface area contributed by atoms with Crippen molar-refractivity contribution in [2.75, 3.05) is 25.5 Å². The van der Waals surface area contributed by atoms with Gasteiger partial charge in [-0.05, 0) is 24.6 Å². The van der Waals surface area contributed by atoms with Crippen molar-refractivity contribution in [3.63, 3.8) is 0 Å². The van der Waals surface area contributed by atoms with E-state index >= 15 is 0 Å². The van der Waals surface area contributed by atoms with Gasteiger partial charge in [-0.15, -0.1) is 0 Å². The lowest BCUT2D eigenvalue weighted by Crippen LogP contribution is -2.54. The highest BCUT2D eigenvalue weighted by atomic mass is 16.5. The Morgan fingerprint density at radius 3 is 2.61 bits per heavy atom. The zero-order valence-corrected chi connectivity index (χ0v) is 17.7. The van der Waals surface area contributed by atoms with Crippen LogP contribution < -0.4 is 10.6 Å². The normalized spacial score (nSPS) is 25.2. The van der Waals surface area contributed by atoms with Gasteiger partial charge < -0.3 is 15.2 Å². The molecule has 174 valence electrons. The fourth-order valence-corrected chi connectivity index (χ4v) is 4.37. The molecule has 0 aromatic heterocycles. The molecule has 1 aromatic rings. The molecular weight excluding hydrogens is 436 g/mol. The number of β-amino-alcohol motifs (C(OH)–C–C–N with tert-alkyl or cyclic N) is 1. The third-order valence-corrected chi connectivity index (χ3v) is 5.92. The number of nitrogens with one attached hydrogen (secondary N) is 2. The highest BCUT2D eigenvalue weighted by Gasteiger charge is 2.44. The van der Waals surface area contributed by atoms with E-state index in [0.717, 1.165) is 4.90 Å². The van der Waals surface area contributed by atoms with Crippen molar-refractivity contribution < 1.29 is 38.6 Å². The van der Waals surface area contributed by atoms with Crippen LogP contribution in [0, 0.1) is 0 Å². The van der Waals surface area contributed by atoms with Crippen LogP contribution in [0.15, 0.2) is 18.2 Å². The number of piperidine rings is 1. The standard InChI is InChI=1S/C21H22N4O8/c1-33-21(32)15-7-11(26)8-24(15)9-17(28)22-10-2-3-12-13(6-10)20(31)25(19(12)30)14-4-5-16(27)23-18(14)29/h2-3,6,11,14-15,26H,4-5,7-9H2,1H3,(H,22,28)(H,23,27,29). The second-order valence-electron chi connectivity index (χ2n) is 8.11. The summed E-state index contributed by atoms with van der Waals surface area (Å²) < 4.78 is 4.71. The van der Waals surface area contributed by atoms with Gasteiger partial charge in [0.15, 0.2) is 0 Å². The molecule has 1 aromatic carbocycles. The first-order chi connectivity index (χ1) is 15.7. The largest absolute Gasteiger partial charge is 0.468 e. The molecule has 0 radical (unpaired) electrons. The Morgan fingerprint density at radius 1 is 1.18 bits per heavy atom. The van der Waals surface area contributed by atoms with Crippen LogP contribution in [0.5, 0.6) is 0 Å². The SMILES string of the molecule is COC(=O)C1CC(O)CN1CC(=O)Nc1ccc2c(c1)C(=O)N(C1CCC(=O)NC1=O)C2=O. The number of anilines is 1. The Kier molecular flexibility index (Phi) is 5.95. The number of amides is 5. The van der Waals surface area contributed by atoms with E-state index in [1.165, 1.54) is 30.2 Å². The van der Waals surface area contributed by atoms with E-state index < -0.39 is 53.7 Å². The molecule has 2 fully saturated rings. The van der Waals surface area contributed by atoms with E-state index in [-0.39, 0.29) is 49.2 Å². The number of hydrogen-bond donors (Lipinski definition) is 3. The summed E-state index contributed by atoms with van der Waals surface area (Å²) in [4.78, 5) is 75.9. The lowest BCUT2D eigenvalue weighted by atomic mass is 10.0. The maximum Gasteiger partial charge on any atom is 0.323 e. The molecule has 0 saturated carbocycles. The van der Waals surface area contributed by atoms with Crippen molar-refractivity contribution in [3.05, 3.63) is 29.3 Å². The Bertz CT molecular complexity index is 1070. The topological polar surface area (TPSA) is 162 Å². The quantitative estimate of drug-likeness (QED) is 0.357. The van der Waals surface area contributed by atoms with E-state index in [1.54, 1.807) is 0 Å². The first-order valence-electron chi connectivity index (χ1n) is 10.3. The smallest absolute Gasteiger partial charge is 0.323 e. The van der Waals surface area contributed by atoms with Gasteiger partial charge in [0, 0.05) is 25.1 Å². The van der Waals surface area contributed by atoms with Gasteiger partial charge in [0.25, 0.3) is 11.8 Å². The number of imide groups is 2. The van der Waals surface area contributed by atoms with Crippen molar-refractivity contribution in [1.82, 2.24) is 15.1 Å². The summed E-state index contributed by atoms with van der Waals surface area (Å²) in [5.74, 6) is -3.53. The minimum atomic E-state index is -1.08. The minimum absolute atomic E-state index is 0.0168. The number of aliphatic hydroxyl groups is 1. The highest BCUT2D eigenvalue weighted by Crippen LogP contribution is 2.29. The Morgan fingerprint density at radius 2 is 1.91 bits per heavy atom. The molecule has 3 aliphatic rings. The van der Waals surface area contributed by atoms with Gasteiger partial charge in [0.2, 0.25) is 17.7 Å². The number of likely N-dealkylation sites (tertiary alicyclic amines) is 1. The van der Waals surface area contributed by atoms with Gasteiger partial charge in [-0.2, -0.15) is 0 Å². The molecule has 2 saturated heterocycles. The first kappa shape index (κ1) is 22.6. The van der Waals surface area contributed by atoms with Gasteiger partial charge in [0.1, 0.15) is 12.1 Å². The number of rotatable bonds is 5. The van der Waals surface area contributed by atoms with Crippen LogP contribution in [-0.2, 0) is 23.9 Å². The summed E-state index contributed by atoms with van der Waals surface area (Å²) >= 11 is 0. The Labute approximate surface area is 187 Å². The van der Waals surface area contributed by atoms with Gasteiger partial charge in [-0.1, -0.05) is 0 Å². The number of aliphatic hydroxyl groups excluding tert-OH is 1. The molecule has 3 aliphatic heterocycles. The minimum Gasteiger partial charge on any atom is -0.468 e. The number of carbonyl (C=O) groups excluding carboxylic acids is 6. The van der Waals surface area contributed by atoms with Crippen molar-refractivity contribution in [2.24, 2.45) is 0 Å². The molecule has 33 heavy (non-hydrogen) atoms. The molecule has 12 nitrogen and oxygen atoms in total. The average Bonchev–Trinajstić information content (AvgIpc) is 3.24. The molecule has 0 spiro atoms. The highest BCUT2D eigenvalue weighted by molar-refractivity contribution is 6.24. The Hall–Kier alpha value is -3.64. The number of hydrogen-bond acceptors (Lipinski definition) is 9. The molecule has 12 heteroatoms. The maximum absolute atomic E-state index is 12.9. The monoisotopic (exact) mass is 458 g/mol. The molecular formula is C21H22N4O8. The van der Waals surface area contributed by atoms with Crippen LogP contribution in [0.3, 0.4) is 0 Å². The summed E-state index contributed by atoms with van der Waals surface area (Å²) in [6.45, 7) is -0.0610. The zero-order chi connectivity index (χ0) is 23.9. The van der Waals surface area contributed by atoms with Gasteiger partial charge in [0.05, 0.1) is 30.9 Å². The summed E-state index contributed by atoms with van der Waals surface area (Å²) in [6.07, 6.45) is -0.541. The van der Waals surface area contributed by atoms with Crippen LogP contribution in [0.2, 0.25) is 0 Å². The summed E-state index contributed by atoms with van der Waals surface area (Å²) in [5.41, 5.74) is 0.377. The second-order valence-corrected chi connectivity index (χ2v) is 8.11. The van der Waals surface area contributed by atoms with E-state index in [1.807, 2.05) is 0 Å². The van der Waals surface area contributed by atoms with Gasteiger partial charge in [-0.3, -0.25) is 43.9 Å². The van der Waals surface area contributed by atoms with Crippen molar-refractivity contribution in [2.45, 2.75) is 37.5 Å². The number of carbonyl (C=O) groups is 6. The summed E-state index contributed by atoms with van der Waals surface area (Å²) in [6, 6.07) is 2.36. The third-order valence-electron chi connectivity index (χ3n) is 5.92. The first-order valence-corrected chi connectivity index (χ1v) is 10.3. The number of ether oxygens (including phenoxy) is 1. The lowest BCUT2D eigenvalue weighted by Gasteiger charge is -2.27. The fourth-order valence-electron chi connectivity index (χ4n) is 4.37. The van der Waals surface area contributed by atoms with Gasteiger partial charge >= 0.3 is 5.97 Å². The van der Waals surface area contributed by atoms with Gasteiger partial charge in [-0.25, -0.2) is 0 Å². The van der Waals surface area contributed by atoms with E-state index in [0.29, 0.717) is 0 Å². The molecule has 5 amide bonds.